The highest BCUT2D eigenvalue weighted by atomic mass is 16.6. The minimum Gasteiger partial charge on any atom is -0.496 e. The Hall–Kier alpha value is -14.0. The first kappa shape index (κ1) is 83.7. The van der Waals surface area contributed by atoms with E-state index in [-0.39, 0.29) is 46.9 Å². The Morgan fingerprint density at radius 2 is 0.831 bits per heavy atom. The second kappa shape index (κ2) is 36.0. The van der Waals surface area contributed by atoms with E-state index in [1.165, 1.54) is 55.4 Å². The van der Waals surface area contributed by atoms with Crippen molar-refractivity contribution in [3.8, 4) is 56.0 Å². The van der Waals surface area contributed by atoms with E-state index in [2.05, 4.69) is 265 Å². The van der Waals surface area contributed by atoms with Gasteiger partial charge < -0.3 is 39.5 Å². The molecular formula is C110H104N6O8. The van der Waals surface area contributed by atoms with Crippen molar-refractivity contribution in [1.82, 2.24) is 19.9 Å². The number of nitrogens with zero attached hydrogens (tertiary/aromatic N) is 2. The number of aryl methyl sites for hydroxylation is 2. The summed E-state index contributed by atoms with van der Waals surface area (Å²) in [6.45, 7) is 22.4. The molecule has 4 aliphatic carbocycles. The number of methoxy groups -OCH3 is 2. The van der Waals surface area contributed by atoms with Gasteiger partial charge in [0.15, 0.2) is 0 Å². The van der Waals surface area contributed by atoms with Crippen LogP contribution in [0.5, 0.6) is 11.5 Å². The van der Waals surface area contributed by atoms with Crippen molar-refractivity contribution >= 4 is 98.3 Å². The zero-order chi connectivity index (χ0) is 86.6. The van der Waals surface area contributed by atoms with E-state index in [1.807, 2.05) is 97.1 Å². The molecule has 1 saturated carbocycles. The van der Waals surface area contributed by atoms with Crippen molar-refractivity contribution in [3.05, 3.63) is 350 Å². The standard InChI is InChI=1S/C110H104N6O8/c1-65(19-14-15-20-66(2)22-17-24-68(4)31-51-87-71(7)25-18-62-110(87,10)11)21-16-23-67(3)26-32-74-33-39-79(40-34-74)108(119)111-81-46-41-77(42-47-81)100-92-56-52-88(113-92)98(75-35-27-69(5)28-36-75)90-54-58-94(115-90)101(95-59-55-91(116-95)99(89-53-57-93(100)114-89)76-37-29-70(6)30-38-76)78-43-48-82(49-44-78)112-109(120)80-45-50-83-84(63-80)107(122-13)105-86-64-85(104(105)106(83)121-12)102-96(123-72(8)117)60-61-97(103(86)102)124-73(9)118/h14-17,19-24,26-61,63,85-86,96-97,102-103,113,116H,18,25,62,64H2,1-13H3,(H,111,119)(H,112,120)/b15-14+,21-16+,22-17+,32-26+,51-31+,65-19+,66-20+,67-23+,68-24+,98-88?,98-90?,99-89?,99-91?,100-92?,100-93?,101-94?,101-95?. The topological polar surface area (TPSA) is 187 Å². The normalized spacial score (nSPS) is 18.7. The number of carbonyl (C=O) groups is 4. The Morgan fingerprint density at radius 3 is 1.25 bits per heavy atom. The second-order valence-corrected chi connectivity index (χ2v) is 34.1. The van der Waals surface area contributed by atoms with Crippen molar-refractivity contribution in [2.24, 2.45) is 17.3 Å². The molecule has 3 aromatic heterocycles. The molecule has 10 bridgehead atoms. The predicted octanol–water partition coefficient (Wildman–Crippen LogP) is 26.4. The fraction of sp³-hybridized carbons (Fsp3) is 0.218. The van der Waals surface area contributed by atoms with Gasteiger partial charge >= 0.3 is 11.9 Å². The number of rotatable bonds is 22. The Labute approximate surface area is 726 Å². The molecule has 4 N–H and O–H groups in total. The van der Waals surface area contributed by atoms with Gasteiger partial charge in [-0.3, -0.25) is 19.2 Å². The summed E-state index contributed by atoms with van der Waals surface area (Å²) in [5.74, 6) is -0.580. The van der Waals surface area contributed by atoms with Gasteiger partial charge in [0, 0.05) is 114 Å². The fourth-order valence-corrected chi connectivity index (χ4v) is 18.8. The van der Waals surface area contributed by atoms with E-state index in [1.54, 1.807) is 20.3 Å². The van der Waals surface area contributed by atoms with Crippen LogP contribution in [0.4, 0.5) is 11.4 Å². The van der Waals surface area contributed by atoms with Crippen LogP contribution in [0.2, 0.25) is 0 Å². The quantitative estimate of drug-likeness (QED) is 0.0289. The summed E-state index contributed by atoms with van der Waals surface area (Å²) < 4.78 is 24.5. The highest BCUT2D eigenvalue weighted by molar-refractivity contribution is 6.09. The molecular weight excluding hydrogens is 1530 g/mol. The average molecular weight is 1640 g/mol. The third-order valence-corrected chi connectivity index (χ3v) is 24.8. The first-order chi connectivity index (χ1) is 59.9. The van der Waals surface area contributed by atoms with Crippen molar-refractivity contribution in [3.63, 3.8) is 0 Å². The second-order valence-electron chi connectivity index (χ2n) is 34.1. The van der Waals surface area contributed by atoms with Crippen LogP contribution in [0, 0.1) is 31.1 Å². The van der Waals surface area contributed by atoms with Crippen molar-refractivity contribution in [1.29, 1.82) is 0 Å². The summed E-state index contributed by atoms with van der Waals surface area (Å²) in [5, 5.41) is 7.83. The number of aromatic nitrogens is 4. The van der Waals surface area contributed by atoms with Gasteiger partial charge in [-0.2, -0.15) is 0 Å². The molecule has 622 valence electrons. The molecule has 0 saturated heterocycles. The van der Waals surface area contributed by atoms with Crippen LogP contribution in [0.1, 0.15) is 171 Å². The van der Waals surface area contributed by atoms with Gasteiger partial charge in [0.2, 0.25) is 0 Å². The lowest BCUT2D eigenvalue weighted by atomic mass is 9.67. The Kier molecular flexibility index (Phi) is 24.3. The molecule has 2 aliphatic heterocycles. The molecule has 2 amide bonds. The monoisotopic (exact) mass is 1640 g/mol. The van der Waals surface area contributed by atoms with E-state index in [4.69, 9.17) is 28.9 Å². The van der Waals surface area contributed by atoms with Gasteiger partial charge in [-0.1, -0.05) is 223 Å². The number of aromatic amines is 2. The molecule has 7 aromatic carbocycles. The lowest BCUT2D eigenvalue weighted by Crippen LogP contribution is -2.43. The SMILES string of the molecule is COc1c2c(c(OC)c3cc(C(=O)Nc4ccc(-c5c6nc(c(-c7ccc(C)cc7)c7ccc([nH]7)c(-c7ccc(NC(=O)c8ccc(/C=C/C(C)=C/C=C/C(C)=C/C=C/C=C(C)/C=C/C=C(C)/C=C/C9=C(C)CCCC9(C)C)cc8)cc7)c7nc(c(-c8ccc(C)cc8)c8ccc5[nH]8)C=C7)C=C6)cc4)ccc13)C1CC2C2C(OC(C)=O)C=CC(OC(C)=O)C12. The maximum absolute atomic E-state index is 14.7. The number of carbonyl (C=O) groups excluding carboxylic acids is 4. The zero-order valence-corrected chi connectivity index (χ0v) is 72.6. The number of allylic oxidation sites excluding steroid dienone is 19. The Bertz CT molecular complexity index is 6490. The summed E-state index contributed by atoms with van der Waals surface area (Å²) in [4.78, 5) is 72.6. The van der Waals surface area contributed by atoms with Crippen LogP contribution < -0.4 is 20.1 Å². The maximum atomic E-state index is 14.7. The number of fused-ring (bicyclic) bond motifs is 17. The highest BCUT2D eigenvalue weighted by Gasteiger charge is 2.60. The predicted molar refractivity (Wildman–Crippen MR) is 508 cm³/mol. The third-order valence-electron chi connectivity index (χ3n) is 24.8. The third kappa shape index (κ3) is 17.7. The van der Waals surface area contributed by atoms with Crippen molar-refractivity contribution in [2.45, 2.75) is 126 Å². The Morgan fingerprint density at radius 1 is 0.444 bits per heavy atom. The number of hydrogen-bond acceptors (Lipinski definition) is 10. The fourth-order valence-electron chi connectivity index (χ4n) is 18.8. The molecule has 1 fully saturated rings. The summed E-state index contributed by atoms with van der Waals surface area (Å²) in [6, 6.07) is 54.4. The lowest BCUT2D eigenvalue weighted by Gasteiger charge is -2.42. The number of benzene rings is 7. The number of ether oxygens (including phenoxy) is 4. The Balaban J connectivity index is 0.654. The summed E-state index contributed by atoms with van der Waals surface area (Å²) in [5.41, 5.74) is 28.7. The molecule has 14 nitrogen and oxygen atoms in total. The van der Waals surface area contributed by atoms with Gasteiger partial charge in [-0.15, -0.1) is 0 Å². The van der Waals surface area contributed by atoms with E-state index in [0.29, 0.717) is 39.4 Å². The number of nitrogens with one attached hydrogen (secondary N) is 4. The van der Waals surface area contributed by atoms with Gasteiger partial charge in [-0.25, -0.2) is 9.97 Å². The number of amides is 2. The van der Waals surface area contributed by atoms with Crippen LogP contribution in [0.25, 0.3) is 108 Å². The number of hydrogen-bond donors (Lipinski definition) is 4. The first-order valence-electron chi connectivity index (χ1n) is 42.7. The van der Waals surface area contributed by atoms with E-state index in [9.17, 15) is 19.2 Å². The van der Waals surface area contributed by atoms with Gasteiger partial charge in [0.1, 0.15) is 23.7 Å². The van der Waals surface area contributed by atoms with Crippen LogP contribution in [0.3, 0.4) is 0 Å². The van der Waals surface area contributed by atoms with Gasteiger partial charge in [-0.05, 0) is 240 Å². The van der Waals surface area contributed by atoms with Crippen LogP contribution in [0.15, 0.2) is 288 Å². The van der Waals surface area contributed by atoms with Crippen LogP contribution in [-0.2, 0) is 19.1 Å². The molecule has 10 aromatic rings. The number of anilines is 2. The lowest BCUT2D eigenvalue weighted by molar-refractivity contribution is -0.155. The van der Waals surface area contributed by atoms with Crippen molar-refractivity contribution in [2.75, 3.05) is 24.9 Å². The summed E-state index contributed by atoms with van der Waals surface area (Å²) >= 11 is 0. The summed E-state index contributed by atoms with van der Waals surface area (Å²) in [6.07, 6.45) is 45.1. The van der Waals surface area contributed by atoms with E-state index < -0.39 is 18.2 Å². The molecule has 6 unspecified atom stereocenters. The minimum absolute atomic E-state index is 0.0848. The summed E-state index contributed by atoms with van der Waals surface area (Å²) in [7, 11) is 3.29. The molecule has 0 radical (unpaired) electrons. The molecule has 14 heteroatoms. The van der Waals surface area contributed by atoms with E-state index >= 15 is 0 Å². The smallest absolute Gasteiger partial charge is 0.303 e. The van der Waals surface area contributed by atoms with Crippen molar-refractivity contribution < 1.29 is 38.1 Å². The number of H-pyrrole nitrogens is 2. The average Bonchev–Trinajstić information content (AvgIpc) is 1.52. The molecule has 6 atom stereocenters. The van der Waals surface area contributed by atoms with Crippen LogP contribution >= 0.6 is 0 Å². The van der Waals surface area contributed by atoms with E-state index in [0.717, 1.165) is 140 Å². The largest absolute Gasteiger partial charge is 0.496 e. The van der Waals surface area contributed by atoms with Gasteiger partial charge in [0.25, 0.3) is 11.8 Å². The maximum Gasteiger partial charge on any atom is 0.303 e. The zero-order valence-electron chi connectivity index (χ0n) is 72.6. The first-order valence-corrected chi connectivity index (χ1v) is 42.7. The molecule has 6 aliphatic rings. The highest BCUT2D eigenvalue weighted by Crippen LogP contribution is 2.68. The molecule has 124 heavy (non-hydrogen) atoms. The molecule has 16 rings (SSSR count). The number of esters is 2. The molecule has 0 spiro atoms. The van der Waals surface area contributed by atoms with Crippen LogP contribution in [-0.4, -0.2) is 70.1 Å². The van der Waals surface area contributed by atoms with Gasteiger partial charge in [0.05, 0.1) is 37.0 Å². The molecule has 5 heterocycles. The minimum atomic E-state index is -0.535.